The Bertz CT molecular complexity index is 579. The van der Waals surface area contributed by atoms with Gasteiger partial charge >= 0.3 is 0 Å². The number of aliphatic imine (C=N–C) groups is 1. The van der Waals surface area contributed by atoms with E-state index in [1.54, 1.807) is 0 Å². The summed E-state index contributed by atoms with van der Waals surface area (Å²) in [5.41, 5.74) is 1.44. The van der Waals surface area contributed by atoms with Crippen LogP contribution in [0.1, 0.15) is 37.7 Å². The van der Waals surface area contributed by atoms with Crippen LogP contribution in [0.4, 0.5) is 0 Å². The number of guanidine groups is 1. The number of morpholine rings is 1. The summed E-state index contributed by atoms with van der Waals surface area (Å²) >= 11 is 0. The molecule has 1 aromatic heterocycles. The first-order valence-electron chi connectivity index (χ1n) is 9.98. The minimum Gasteiger partial charge on any atom is -0.379 e. The molecule has 154 valence electrons. The van der Waals surface area contributed by atoms with Crippen molar-refractivity contribution < 1.29 is 4.74 Å². The topological polar surface area (TPSA) is 66.7 Å². The van der Waals surface area contributed by atoms with Gasteiger partial charge in [-0.15, -0.1) is 24.0 Å². The highest BCUT2D eigenvalue weighted by Gasteiger charge is 2.38. The Morgan fingerprint density at radius 1 is 1.22 bits per heavy atom. The zero-order valence-electron chi connectivity index (χ0n) is 16.7. The van der Waals surface area contributed by atoms with Crippen LogP contribution in [-0.2, 0) is 11.3 Å². The summed E-state index contributed by atoms with van der Waals surface area (Å²) in [6.07, 6.45) is 10.5. The van der Waals surface area contributed by atoms with Crippen molar-refractivity contribution in [1.82, 2.24) is 25.3 Å². The molecule has 2 N–H and O–H groups in total. The number of aromatic nitrogens is 2. The second-order valence-corrected chi connectivity index (χ2v) is 7.52. The Hall–Kier alpha value is -0.870. The van der Waals surface area contributed by atoms with Gasteiger partial charge in [-0.1, -0.05) is 19.3 Å². The molecule has 1 saturated heterocycles. The molecule has 2 fully saturated rings. The van der Waals surface area contributed by atoms with E-state index in [-0.39, 0.29) is 29.5 Å². The Labute approximate surface area is 180 Å². The zero-order chi connectivity index (χ0) is 18.2. The zero-order valence-corrected chi connectivity index (χ0v) is 19.1. The second kappa shape index (κ2) is 11.2. The quantitative estimate of drug-likeness (QED) is 0.363. The van der Waals surface area contributed by atoms with Crippen LogP contribution in [0.5, 0.6) is 0 Å². The number of nitrogens with zero attached hydrogens (tertiary/aromatic N) is 4. The summed E-state index contributed by atoms with van der Waals surface area (Å²) in [6.45, 7) is 8.48. The van der Waals surface area contributed by atoms with Crippen molar-refractivity contribution in [3.8, 4) is 0 Å². The highest BCUT2D eigenvalue weighted by atomic mass is 127. The number of rotatable bonds is 6. The largest absolute Gasteiger partial charge is 0.379 e. The van der Waals surface area contributed by atoms with Crippen LogP contribution in [-0.4, -0.2) is 72.6 Å². The third-order valence-corrected chi connectivity index (χ3v) is 5.67. The van der Waals surface area contributed by atoms with Gasteiger partial charge in [-0.3, -0.25) is 14.6 Å². The first kappa shape index (κ1) is 22.4. The average molecular weight is 490 g/mol. The van der Waals surface area contributed by atoms with Crippen LogP contribution in [0.3, 0.4) is 0 Å². The van der Waals surface area contributed by atoms with Crippen molar-refractivity contribution in [2.24, 2.45) is 4.99 Å². The lowest BCUT2D eigenvalue weighted by molar-refractivity contribution is -0.0352. The van der Waals surface area contributed by atoms with E-state index in [9.17, 15) is 0 Å². The highest BCUT2D eigenvalue weighted by Crippen LogP contribution is 2.33. The van der Waals surface area contributed by atoms with Crippen LogP contribution < -0.4 is 10.6 Å². The van der Waals surface area contributed by atoms with Gasteiger partial charge in [0.15, 0.2) is 5.96 Å². The first-order valence-corrected chi connectivity index (χ1v) is 9.98. The summed E-state index contributed by atoms with van der Waals surface area (Å²) in [7, 11) is 1.84. The first-order chi connectivity index (χ1) is 12.7. The SMILES string of the molecule is CN=C(NCCn1cc(C)cn1)NCC1(N2CCOCC2)CCCCC1.I. The molecule has 2 aliphatic rings. The van der Waals surface area contributed by atoms with Crippen molar-refractivity contribution in [3.63, 3.8) is 0 Å². The van der Waals surface area contributed by atoms with Crippen LogP contribution in [0.15, 0.2) is 17.4 Å². The Morgan fingerprint density at radius 2 is 1.96 bits per heavy atom. The number of ether oxygens (including phenoxy) is 1. The summed E-state index contributed by atoms with van der Waals surface area (Å²) < 4.78 is 7.54. The van der Waals surface area contributed by atoms with Crippen LogP contribution in [0, 0.1) is 6.92 Å². The molecule has 0 aromatic carbocycles. The predicted octanol–water partition coefficient (Wildman–Crippen LogP) is 2.01. The smallest absolute Gasteiger partial charge is 0.191 e. The van der Waals surface area contributed by atoms with Crippen molar-refractivity contribution in [3.05, 3.63) is 18.0 Å². The van der Waals surface area contributed by atoms with Gasteiger partial charge in [0, 0.05) is 45.0 Å². The van der Waals surface area contributed by atoms with E-state index in [2.05, 4.69) is 38.7 Å². The van der Waals surface area contributed by atoms with Gasteiger partial charge in [-0.2, -0.15) is 5.10 Å². The molecule has 2 heterocycles. The van der Waals surface area contributed by atoms with Crippen molar-refractivity contribution >= 4 is 29.9 Å². The Balaban J connectivity index is 0.00000261. The Kier molecular flexibility index (Phi) is 9.31. The molecular formula is C19H35IN6O. The standard InChI is InChI=1S/C19H34N6O.HI/c1-17-14-23-25(15-17)9-8-21-18(20-2)22-16-19(6-4-3-5-7-19)24-10-12-26-13-11-24;/h14-15H,3-13,16H2,1-2H3,(H2,20,21,22);1H. The number of aryl methyl sites for hydroxylation is 1. The molecular weight excluding hydrogens is 455 g/mol. The molecule has 8 heteroatoms. The van der Waals surface area contributed by atoms with Crippen LogP contribution >= 0.6 is 24.0 Å². The molecule has 0 atom stereocenters. The van der Waals surface area contributed by atoms with Gasteiger partial charge in [-0.05, 0) is 25.3 Å². The van der Waals surface area contributed by atoms with Gasteiger partial charge in [-0.25, -0.2) is 0 Å². The fourth-order valence-electron chi connectivity index (χ4n) is 4.20. The molecule has 0 spiro atoms. The van der Waals surface area contributed by atoms with Crippen molar-refractivity contribution in [1.29, 1.82) is 0 Å². The third-order valence-electron chi connectivity index (χ3n) is 5.67. The number of nitrogens with one attached hydrogen (secondary N) is 2. The average Bonchev–Trinajstić information content (AvgIpc) is 3.11. The summed E-state index contributed by atoms with van der Waals surface area (Å²) in [5.74, 6) is 0.882. The van der Waals surface area contributed by atoms with E-state index in [1.165, 1.54) is 37.7 Å². The van der Waals surface area contributed by atoms with E-state index < -0.39 is 0 Å². The number of halogens is 1. The van der Waals surface area contributed by atoms with Gasteiger partial charge in [0.2, 0.25) is 0 Å². The van der Waals surface area contributed by atoms with Gasteiger partial charge in [0.25, 0.3) is 0 Å². The minimum absolute atomic E-state index is 0. The van der Waals surface area contributed by atoms with Crippen molar-refractivity contribution in [2.75, 3.05) is 46.4 Å². The molecule has 27 heavy (non-hydrogen) atoms. The molecule has 0 radical (unpaired) electrons. The summed E-state index contributed by atoms with van der Waals surface area (Å²) in [4.78, 5) is 7.06. The molecule has 1 aliphatic carbocycles. The summed E-state index contributed by atoms with van der Waals surface area (Å²) in [5, 5.41) is 11.3. The predicted molar refractivity (Wildman–Crippen MR) is 120 cm³/mol. The number of hydrogen-bond donors (Lipinski definition) is 2. The van der Waals surface area contributed by atoms with E-state index >= 15 is 0 Å². The fourth-order valence-corrected chi connectivity index (χ4v) is 4.20. The minimum atomic E-state index is 0. The van der Waals surface area contributed by atoms with Gasteiger partial charge in [0.05, 0.1) is 26.0 Å². The highest BCUT2D eigenvalue weighted by molar-refractivity contribution is 14.0. The molecule has 1 saturated carbocycles. The van der Waals surface area contributed by atoms with Gasteiger partial charge in [0.1, 0.15) is 0 Å². The maximum Gasteiger partial charge on any atom is 0.191 e. The lowest BCUT2D eigenvalue weighted by atomic mass is 9.80. The molecule has 0 bridgehead atoms. The van der Waals surface area contributed by atoms with Crippen LogP contribution in [0.25, 0.3) is 0 Å². The van der Waals surface area contributed by atoms with E-state index in [1.807, 2.05) is 17.9 Å². The lowest BCUT2D eigenvalue weighted by Gasteiger charge is -2.48. The van der Waals surface area contributed by atoms with E-state index in [0.29, 0.717) is 0 Å². The molecule has 7 nitrogen and oxygen atoms in total. The molecule has 1 aromatic rings. The number of hydrogen-bond acceptors (Lipinski definition) is 4. The maximum absolute atomic E-state index is 5.57. The molecule has 0 unspecified atom stereocenters. The van der Waals surface area contributed by atoms with E-state index in [0.717, 1.165) is 51.9 Å². The summed E-state index contributed by atoms with van der Waals surface area (Å²) in [6, 6.07) is 0. The normalized spacial score (nSPS) is 20.7. The monoisotopic (exact) mass is 490 g/mol. The lowest BCUT2D eigenvalue weighted by Crippen LogP contribution is -2.60. The third kappa shape index (κ3) is 6.32. The van der Waals surface area contributed by atoms with Crippen molar-refractivity contribution in [2.45, 2.75) is 51.1 Å². The maximum atomic E-state index is 5.57. The fraction of sp³-hybridized carbons (Fsp3) is 0.789. The van der Waals surface area contributed by atoms with Crippen LogP contribution in [0.2, 0.25) is 0 Å². The molecule has 1 aliphatic heterocycles. The Morgan fingerprint density at radius 3 is 2.59 bits per heavy atom. The molecule has 0 amide bonds. The molecule has 3 rings (SSSR count). The van der Waals surface area contributed by atoms with E-state index in [4.69, 9.17) is 4.74 Å². The second-order valence-electron chi connectivity index (χ2n) is 7.52. The van der Waals surface area contributed by atoms with Gasteiger partial charge < -0.3 is 15.4 Å².